The molecule has 0 saturated carbocycles. The normalized spacial score (nSPS) is 17.6. The first-order valence-corrected chi connectivity index (χ1v) is 13.5. The minimum atomic E-state index is -0.667. The van der Waals surface area contributed by atoms with Crippen molar-refractivity contribution in [2.45, 2.75) is 39.4 Å². The largest absolute Gasteiger partial charge is 0.365 e. The monoisotopic (exact) mass is 555 g/mol. The Labute approximate surface area is 232 Å². The van der Waals surface area contributed by atoms with Crippen LogP contribution in [0.2, 0.25) is 5.02 Å². The summed E-state index contributed by atoms with van der Waals surface area (Å²) >= 11 is 7.02. The summed E-state index contributed by atoms with van der Waals surface area (Å²) in [6.07, 6.45) is 7.99. The number of amidine groups is 1. The van der Waals surface area contributed by atoms with Gasteiger partial charge in [-0.1, -0.05) is 48.2 Å². The fourth-order valence-electron chi connectivity index (χ4n) is 3.78. The van der Waals surface area contributed by atoms with Gasteiger partial charge in [-0.15, -0.1) is 0 Å². The number of hydrogen-bond acceptors (Lipinski definition) is 6. The molecule has 1 aromatic carbocycles. The molecule has 1 aromatic heterocycles. The molecule has 3 aliphatic rings. The molecule has 0 amide bonds. The number of fused-ring (bicyclic) bond motifs is 1. The second-order valence-electron chi connectivity index (χ2n) is 8.73. The van der Waals surface area contributed by atoms with Crippen LogP contribution < -0.4 is 5.32 Å². The molecule has 4 heterocycles. The SMILES string of the molecule is C=C(S/C=C\C)C1=NCC(C2=CC=N2)=C2CC(Nc3ccccn3)CN12.CC(C)F.Fc1cccc(Cl)c1. The first-order valence-electron chi connectivity index (χ1n) is 12.3. The lowest BCUT2D eigenvalue weighted by Crippen LogP contribution is -2.34. The number of alkyl halides is 1. The Kier molecular flexibility index (Phi) is 11.3. The smallest absolute Gasteiger partial charge is 0.141 e. The van der Waals surface area contributed by atoms with Crippen molar-refractivity contribution in [2.75, 3.05) is 18.4 Å². The zero-order valence-electron chi connectivity index (χ0n) is 21.7. The number of allylic oxidation sites excluding steroid dienone is 2. The Morgan fingerprint density at radius 1 is 1.26 bits per heavy atom. The third-order valence-corrected chi connectivity index (χ3v) is 6.42. The van der Waals surface area contributed by atoms with Gasteiger partial charge in [0.05, 0.1) is 24.5 Å². The number of aliphatic imine (C=N–C) groups is 2. The van der Waals surface area contributed by atoms with Crippen LogP contribution in [-0.2, 0) is 0 Å². The summed E-state index contributed by atoms with van der Waals surface area (Å²) in [7, 11) is 0. The van der Waals surface area contributed by atoms with Gasteiger partial charge in [-0.2, -0.15) is 0 Å². The van der Waals surface area contributed by atoms with Gasteiger partial charge in [0.1, 0.15) is 17.5 Å². The molecule has 1 saturated heterocycles. The van der Waals surface area contributed by atoms with Crippen molar-refractivity contribution in [1.29, 1.82) is 0 Å². The fourth-order valence-corrected chi connectivity index (χ4v) is 4.54. The molecule has 1 unspecified atom stereocenters. The van der Waals surface area contributed by atoms with E-state index in [-0.39, 0.29) is 11.9 Å². The Hall–Kier alpha value is -3.23. The molecule has 3 aliphatic heterocycles. The van der Waals surface area contributed by atoms with Crippen molar-refractivity contribution < 1.29 is 8.78 Å². The number of hydrogen-bond donors (Lipinski definition) is 1. The molecule has 9 heteroatoms. The van der Waals surface area contributed by atoms with Crippen molar-refractivity contribution in [1.82, 2.24) is 9.88 Å². The van der Waals surface area contributed by atoms with E-state index in [9.17, 15) is 8.78 Å². The van der Waals surface area contributed by atoms with Crippen molar-refractivity contribution in [2.24, 2.45) is 9.98 Å². The molecule has 5 nitrogen and oxygen atoms in total. The maximum Gasteiger partial charge on any atom is 0.141 e. The van der Waals surface area contributed by atoms with E-state index in [0.717, 1.165) is 35.2 Å². The van der Waals surface area contributed by atoms with Crippen LogP contribution in [0.3, 0.4) is 0 Å². The van der Waals surface area contributed by atoms with Gasteiger partial charge < -0.3 is 10.2 Å². The molecule has 0 radical (unpaired) electrons. The van der Waals surface area contributed by atoms with Gasteiger partial charge in [-0.3, -0.25) is 9.98 Å². The zero-order chi connectivity index (χ0) is 27.5. The predicted octanol–water partition coefficient (Wildman–Crippen LogP) is 7.83. The highest BCUT2D eigenvalue weighted by molar-refractivity contribution is 8.06. The number of thioether (sulfide) groups is 1. The minimum absolute atomic E-state index is 0.280. The summed E-state index contributed by atoms with van der Waals surface area (Å²) in [5, 5.41) is 6.02. The van der Waals surface area contributed by atoms with Crippen molar-refractivity contribution in [3.05, 3.63) is 106 Å². The number of halogens is 3. The molecule has 200 valence electrons. The van der Waals surface area contributed by atoms with E-state index in [1.54, 1.807) is 23.9 Å². The van der Waals surface area contributed by atoms with Crippen LogP contribution in [0.4, 0.5) is 14.6 Å². The van der Waals surface area contributed by atoms with Gasteiger partial charge in [-0.05, 0) is 62.6 Å². The summed E-state index contributed by atoms with van der Waals surface area (Å²) < 4.78 is 23.1. The van der Waals surface area contributed by atoms with Crippen LogP contribution in [0.15, 0.2) is 105 Å². The number of benzene rings is 1. The molecule has 0 bridgehead atoms. The maximum atomic E-state index is 12.1. The standard InChI is InChI=1S/C20H21N5S.C6H4ClF.C3H7F/c1-3-10-26-14(2)20-23-12-16(17-7-9-21-17)18-11-15(13-25(18)20)24-19-6-4-5-8-22-19;7-5-2-1-3-6(8)4-5;1-3(2)4/h3-10,15H,2,11-13H2,1H3,(H,22,24);1-4H;3H,1-2H3/b10-3-;;. The molecule has 1 N–H and O–H groups in total. The highest BCUT2D eigenvalue weighted by Gasteiger charge is 2.36. The van der Waals surface area contributed by atoms with Crippen molar-refractivity contribution in [3.8, 4) is 0 Å². The third-order valence-electron chi connectivity index (χ3n) is 5.31. The van der Waals surface area contributed by atoms with Crippen LogP contribution in [0.5, 0.6) is 0 Å². The summed E-state index contributed by atoms with van der Waals surface area (Å²) in [6, 6.07) is 12.0. The van der Waals surface area contributed by atoms with Gasteiger partial charge in [0, 0.05) is 46.6 Å². The lowest BCUT2D eigenvalue weighted by Gasteiger charge is -2.30. The van der Waals surface area contributed by atoms with Gasteiger partial charge >= 0.3 is 0 Å². The molecule has 0 spiro atoms. The number of anilines is 1. The first-order chi connectivity index (χ1) is 18.3. The molecule has 1 atom stereocenters. The van der Waals surface area contributed by atoms with Crippen LogP contribution in [0.1, 0.15) is 27.2 Å². The average molecular weight is 556 g/mol. The van der Waals surface area contributed by atoms with Gasteiger partial charge in [0.15, 0.2) is 0 Å². The molecular weight excluding hydrogens is 524 g/mol. The Balaban J connectivity index is 0.000000277. The lowest BCUT2D eigenvalue weighted by atomic mass is 10.0. The first kappa shape index (κ1) is 29.3. The molecule has 1 fully saturated rings. The van der Waals surface area contributed by atoms with Crippen molar-refractivity contribution >= 4 is 41.2 Å². The number of aromatic nitrogens is 1. The van der Waals surface area contributed by atoms with Gasteiger partial charge in [0.2, 0.25) is 0 Å². The Morgan fingerprint density at radius 3 is 2.58 bits per heavy atom. The quantitative estimate of drug-likeness (QED) is 0.394. The second kappa shape index (κ2) is 14.6. The van der Waals surface area contributed by atoms with Crippen LogP contribution >= 0.6 is 23.4 Å². The summed E-state index contributed by atoms with van der Waals surface area (Å²) in [5.41, 5.74) is 3.58. The molecule has 0 aliphatic carbocycles. The number of nitrogens with one attached hydrogen (secondary N) is 1. The van der Waals surface area contributed by atoms with E-state index in [2.05, 4.69) is 32.8 Å². The lowest BCUT2D eigenvalue weighted by molar-refractivity contribution is 0.391. The van der Waals surface area contributed by atoms with Gasteiger partial charge in [0.25, 0.3) is 0 Å². The van der Waals surface area contributed by atoms with E-state index in [0.29, 0.717) is 11.6 Å². The molecule has 2 aromatic rings. The third kappa shape index (κ3) is 8.67. The Bertz CT molecular complexity index is 1230. The second-order valence-corrected chi connectivity index (χ2v) is 10.2. The van der Waals surface area contributed by atoms with Crippen LogP contribution in [0, 0.1) is 5.82 Å². The van der Waals surface area contributed by atoms with E-state index < -0.39 is 6.17 Å². The molecule has 38 heavy (non-hydrogen) atoms. The van der Waals surface area contributed by atoms with E-state index in [1.807, 2.05) is 49.0 Å². The van der Waals surface area contributed by atoms with Crippen molar-refractivity contribution in [3.63, 3.8) is 0 Å². The Morgan fingerprint density at radius 2 is 2.03 bits per heavy atom. The average Bonchev–Trinajstić information content (AvgIpc) is 3.26. The van der Waals surface area contributed by atoms with E-state index in [1.165, 1.54) is 37.3 Å². The number of nitrogens with zero attached hydrogens (tertiary/aromatic N) is 4. The van der Waals surface area contributed by atoms with Gasteiger partial charge in [-0.25, -0.2) is 13.8 Å². The summed E-state index contributed by atoms with van der Waals surface area (Å²) in [4.78, 5) is 16.9. The zero-order valence-corrected chi connectivity index (χ0v) is 23.3. The highest BCUT2D eigenvalue weighted by atomic mass is 35.5. The minimum Gasteiger partial charge on any atom is -0.365 e. The number of rotatable bonds is 6. The van der Waals surface area contributed by atoms with Crippen LogP contribution in [-0.4, -0.2) is 47.2 Å². The maximum absolute atomic E-state index is 12.1. The topological polar surface area (TPSA) is 52.9 Å². The predicted molar refractivity (Wildman–Crippen MR) is 158 cm³/mol. The van der Waals surface area contributed by atoms with E-state index >= 15 is 0 Å². The molecule has 5 rings (SSSR count). The summed E-state index contributed by atoms with van der Waals surface area (Å²) in [5.74, 6) is 1.58. The molecular formula is C29H32ClF2N5S. The summed E-state index contributed by atoms with van der Waals surface area (Å²) in [6.45, 7) is 10.7. The number of pyridine rings is 1. The van der Waals surface area contributed by atoms with E-state index in [4.69, 9.17) is 16.6 Å². The highest BCUT2D eigenvalue weighted by Crippen LogP contribution is 2.37. The fraction of sp³-hybridized carbons (Fsp3) is 0.276. The van der Waals surface area contributed by atoms with Crippen LogP contribution in [0.25, 0.3) is 0 Å².